The quantitative estimate of drug-likeness (QED) is 0.839. The number of halogens is 1. The van der Waals surface area contributed by atoms with Gasteiger partial charge in [0.05, 0.1) is 12.3 Å². The maximum absolute atomic E-state index is 6.05. The van der Waals surface area contributed by atoms with Crippen molar-refractivity contribution in [3.8, 4) is 5.69 Å². The molecular weight excluding hydrogens is 238 g/mol. The van der Waals surface area contributed by atoms with E-state index in [1.165, 1.54) is 0 Å². The van der Waals surface area contributed by atoms with Crippen molar-refractivity contribution in [2.24, 2.45) is 0 Å². The van der Waals surface area contributed by atoms with E-state index in [2.05, 4.69) is 10.2 Å². The van der Waals surface area contributed by atoms with E-state index in [1.54, 1.807) is 7.11 Å². The zero-order chi connectivity index (χ0) is 12.3. The fraction of sp³-hybridized carbons (Fsp3) is 0.333. The van der Waals surface area contributed by atoms with Gasteiger partial charge in [0, 0.05) is 13.5 Å². The summed E-state index contributed by atoms with van der Waals surface area (Å²) < 4.78 is 6.96. The first-order valence-electron chi connectivity index (χ1n) is 5.44. The highest BCUT2D eigenvalue weighted by Crippen LogP contribution is 2.18. The Kier molecular flexibility index (Phi) is 3.76. The maximum atomic E-state index is 6.05. The lowest BCUT2D eigenvalue weighted by Crippen LogP contribution is -2.01. The Morgan fingerprint density at radius 1 is 1.35 bits per heavy atom. The van der Waals surface area contributed by atoms with Crippen LogP contribution in [0, 0.1) is 0 Å². The minimum atomic E-state index is 0.386. The molecule has 0 aliphatic rings. The van der Waals surface area contributed by atoms with Crippen molar-refractivity contribution >= 4 is 11.6 Å². The van der Waals surface area contributed by atoms with Crippen LogP contribution in [0.25, 0.3) is 5.69 Å². The zero-order valence-corrected chi connectivity index (χ0v) is 10.6. The van der Waals surface area contributed by atoms with Crippen molar-refractivity contribution in [2.45, 2.75) is 20.0 Å². The number of hydrogen-bond acceptors (Lipinski definition) is 3. The average Bonchev–Trinajstić information content (AvgIpc) is 2.71. The van der Waals surface area contributed by atoms with Crippen molar-refractivity contribution in [1.82, 2.24) is 14.8 Å². The van der Waals surface area contributed by atoms with E-state index in [4.69, 9.17) is 16.3 Å². The van der Waals surface area contributed by atoms with Gasteiger partial charge in [-0.05, 0) is 29.3 Å². The van der Waals surface area contributed by atoms with E-state index in [-0.39, 0.29) is 0 Å². The Balaban J connectivity index is 2.44. The smallest absolute Gasteiger partial charge is 0.229 e. The summed E-state index contributed by atoms with van der Waals surface area (Å²) in [6.45, 7) is 2.60. The lowest BCUT2D eigenvalue weighted by molar-refractivity contribution is 0.185. The monoisotopic (exact) mass is 251 g/mol. The molecule has 90 valence electrons. The van der Waals surface area contributed by atoms with Crippen LogP contribution in [0.15, 0.2) is 24.3 Å². The first-order chi connectivity index (χ1) is 8.26. The Morgan fingerprint density at radius 2 is 2.18 bits per heavy atom. The Morgan fingerprint density at radius 3 is 2.88 bits per heavy atom. The van der Waals surface area contributed by atoms with Crippen LogP contribution in [-0.4, -0.2) is 21.9 Å². The van der Waals surface area contributed by atoms with Crippen molar-refractivity contribution in [1.29, 1.82) is 0 Å². The molecule has 2 aromatic rings. The Hall–Kier alpha value is -1.39. The third-order valence-electron chi connectivity index (χ3n) is 2.49. The molecule has 0 atom stereocenters. The Bertz CT molecular complexity index is 510. The summed E-state index contributed by atoms with van der Waals surface area (Å²) in [5.41, 5.74) is 2.06. The van der Waals surface area contributed by atoms with E-state index in [1.807, 2.05) is 35.8 Å². The second kappa shape index (κ2) is 5.29. The summed E-state index contributed by atoms with van der Waals surface area (Å²) in [7, 11) is 1.68. The fourth-order valence-electron chi connectivity index (χ4n) is 1.73. The minimum absolute atomic E-state index is 0.386. The van der Waals surface area contributed by atoms with Crippen LogP contribution in [0.1, 0.15) is 18.3 Å². The molecule has 0 amide bonds. The second-order valence-electron chi connectivity index (χ2n) is 3.68. The molecule has 0 saturated heterocycles. The highest BCUT2D eigenvalue weighted by molar-refractivity contribution is 6.28. The van der Waals surface area contributed by atoms with Gasteiger partial charge in [0.25, 0.3) is 0 Å². The zero-order valence-electron chi connectivity index (χ0n) is 9.85. The van der Waals surface area contributed by atoms with E-state index in [9.17, 15) is 0 Å². The predicted molar refractivity (Wildman–Crippen MR) is 66.5 cm³/mol. The van der Waals surface area contributed by atoms with Gasteiger partial charge in [-0.1, -0.05) is 19.1 Å². The lowest BCUT2D eigenvalue weighted by Gasteiger charge is -2.08. The van der Waals surface area contributed by atoms with Gasteiger partial charge < -0.3 is 4.74 Å². The highest BCUT2D eigenvalue weighted by Gasteiger charge is 2.10. The molecule has 5 heteroatoms. The molecule has 0 spiro atoms. The lowest BCUT2D eigenvalue weighted by atomic mass is 10.2. The molecule has 0 aliphatic heterocycles. The van der Waals surface area contributed by atoms with E-state index in [0.29, 0.717) is 11.9 Å². The summed E-state index contributed by atoms with van der Waals surface area (Å²) in [6.07, 6.45) is 0.786. The number of ether oxygens (including phenoxy) is 1. The van der Waals surface area contributed by atoms with Crippen LogP contribution in [-0.2, 0) is 17.8 Å². The fourth-order valence-corrected chi connectivity index (χ4v) is 1.96. The molecule has 2 rings (SSSR count). The number of aryl methyl sites for hydroxylation is 1. The second-order valence-corrected chi connectivity index (χ2v) is 4.02. The van der Waals surface area contributed by atoms with Crippen LogP contribution >= 0.6 is 11.6 Å². The van der Waals surface area contributed by atoms with Gasteiger partial charge in [-0.15, -0.1) is 10.2 Å². The summed E-state index contributed by atoms with van der Waals surface area (Å²) in [5, 5.41) is 8.31. The van der Waals surface area contributed by atoms with Gasteiger partial charge >= 0.3 is 0 Å². The molecule has 0 radical (unpaired) electrons. The number of rotatable bonds is 4. The topological polar surface area (TPSA) is 39.9 Å². The largest absolute Gasteiger partial charge is 0.380 e. The molecule has 1 aromatic heterocycles. The van der Waals surface area contributed by atoms with Gasteiger partial charge in [-0.25, -0.2) is 0 Å². The summed E-state index contributed by atoms with van der Waals surface area (Å²) in [6, 6.07) is 7.99. The van der Waals surface area contributed by atoms with Crippen molar-refractivity contribution < 1.29 is 4.74 Å². The van der Waals surface area contributed by atoms with E-state index < -0.39 is 0 Å². The number of benzene rings is 1. The molecule has 4 nitrogen and oxygen atoms in total. The highest BCUT2D eigenvalue weighted by atomic mass is 35.5. The minimum Gasteiger partial charge on any atom is -0.380 e. The molecule has 0 unspecified atom stereocenters. The third kappa shape index (κ3) is 2.48. The molecule has 1 heterocycles. The number of nitrogens with zero attached hydrogens (tertiary/aromatic N) is 3. The van der Waals surface area contributed by atoms with Gasteiger partial charge in [0.2, 0.25) is 5.28 Å². The van der Waals surface area contributed by atoms with Gasteiger partial charge in [0.15, 0.2) is 0 Å². The molecule has 0 N–H and O–H groups in total. The number of aromatic nitrogens is 3. The number of methoxy groups -OCH3 is 1. The molecule has 1 aromatic carbocycles. The van der Waals surface area contributed by atoms with E-state index >= 15 is 0 Å². The third-order valence-corrected chi connectivity index (χ3v) is 2.73. The molecule has 0 bridgehead atoms. The molecule has 0 saturated carbocycles. The van der Waals surface area contributed by atoms with E-state index in [0.717, 1.165) is 23.5 Å². The van der Waals surface area contributed by atoms with Crippen molar-refractivity contribution in [3.05, 3.63) is 40.9 Å². The van der Waals surface area contributed by atoms with Gasteiger partial charge in [0.1, 0.15) is 5.82 Å². The van der Waals surface area contributed by atoms with Crippen LogP contribution in [0.4, 0.5) is 0 Å². The van der Waals surface area contributed by atoms with Gasteiger partial charge in [-0.2, -0.15) is 0 Å². The molecule has 0 fully saturated rings. The van der Waals surface area contributed by atoms with Crippen molar-refractivity contribution in [2.75, 3.05) is 7.11 Å². The van der Waals surface area contributed by atoms with Crippen molar-refractivity contribution in [3.63, 3.8) is 0 Å². The summed E-state index contributed by atoms with van der Waals surface area (Å²) in [5.74, 6) is 0.851. The summed E-state index contributed by atoms with van der Waals surface area (Å²) in [4.78, 5) is 0. The first kappa shape index (κ1) is 12.1. The van der Waals surface area contributed by atoms with Crippen LogP contribution in [0.2, 0.25) is 5.28 Å². The van der Waals surface area contributed by atoms with Crippen LogP contribution in [0.5, 0.6) is 0 Å². The molecule has 17 heavy (non-hydrogen) atoms. The molecule has 0 aliphatic carbocycles. The van der Waals surface area contributed by atoms with Gasteiger partial charge in [-0.3, -0.25) is 4.57 Å². The average molecular weight is 252 g/mol. The van der Waals surface area contributed by atoms with Crippen LogP contribution in [0.3, 0.4) is 0 Å². The first-order valence-corrected chi connectivity index (χ1v) is 5.82. The maximum Gasteiger partial charge on any atom is 0.229 e. The normalized spacial score (nSPS) is 10.8. The van der Waals surface area contributed by atoms with Crippen LogP contribution < -0.4 is 0 Å². The Labute approximate surface area is 105 Å². The SMILES string of the molecule is CCc1nnc(Cl)n1-c1cccc(COC)c1. The predicted octanol–water partition coefficient (Wildman–Crippen LogP) is 2.63. The summed E-state index contributed by atoms with van der Waals surface area (Å²) >= 11 is 6.05. The molecular formula is C12H14ClN3O. The standard InChI is InChI=1S/C12H14ClN3O/c1-3-11-14-15-12(13)16(11)10-6-4-5-9(7-10)8-17-2/h4-7H,3,8H2,1-2H3. The number of hydrogen-bond donors (Lipinski definition) is 0.